The van der Waals surface area contributed by atoms with E-state index in [1.54, 1.807) is 17.5 Å². The van der Waals surface area contributed by atoms with Gasteiger partial charge in [0.25, 0.3) is 11.8 Å². The first-order chi connectivity index (χ1) is 12.1. The Balaban J connectivity index is 1.53. The van der Waals surface area contributed by atoms with Gasteiger partial charge in [-0.3, -0.25) is 14.9 Å². The second kappa shape index (κ2) is 8.40. The van der Waals surface area contributed by atoms with Crippen LogP contribution < -0.4 is 5.32 Å². The molecular weight excluding hydrogens is 358 g/mol. The molecule has 2 heterocycles. The van der Waals surface area contributed by atoms with Crippen LogP contribution in [0.2, 0.25) is 0 Å². The van der Waals surface area contributed by atoms with Crippen LogP contribution in [0, 0.1) is 0 Å². The zero-order chi connectivity index (χ0) is 17.6. The summed E-state index contributed by atoms with van der Waals surface area (Å²) in [5.41, 5.74) is 1.23. The minimum Gasteiger partial charge on any atom is -0.451 e. The minimum atomic E-state index is -0.623. The second-order valence-corrected chi connectivity index (χ2v) is 7.99. The molecule has 2 amide bonds. The van der Waals surface area contributed by atoms with E-state index in [1.807, 2.05) is 6.07 Å². The van der Waals surface area contributed by atoms with E-state index in [9.17, 15) is 14.4 Å². The van der Waals surface area contributed by atoms with Crippen LogP contribution in [0.1, 0.15) is 55.5 Å². The van der Waals surface area contributed by atoms with Crippen LogP contribution in [0.5, 0.6) is 0 Å². The van der Waals surface area contributed by atoms with Gasteiger partial charge in [0.2, 0.25) is 0 Å². The van der Waals surface area contributed by atoms with Crippen molar-refractivity contribution in [2.45, 2.75) is 38.5 Å². The molecular formula is C18H19NO4S2. The molecule has 0 aromatic carbocycles. The number of carbonyl (C=O) groups excluding carboxylic acids is 3. The Hall–Kier alpha value is -1.99. The van der Waals surface area contributed by atoms with Crippen molar-refractivity contribution in [2.75, 3.05) is 6.61 Å². The third-order valence-corrected chi connectivity index (χ3v) is 6.12. The summed E-state index contributed by atoms with van der Waals surface area (Å²) in [5, 5.41) is 3.97. The SMILES string of the molecule is O=C(COC(=O)c1cc2c(s1)CCCCCC2)NC(=O)c1cccs1. The van der Waals surface area contributed by atoms with Gasteiger partial charge in [-0.25, -0.2) is 4.79 Å². The first-order valence-electron chi connectivity index (χ1n) is 8.30. The maximum absolute atomic E-state index is 12.2. The lowest BCUT2D eigenvalue weighted by Gasteiger charge is -2.07. The molecule has 2 aromatic heterocycles. The van der Waals surface area contributed by atoms with Crippen molar-refractivity contribution >= 4 is 40.5 Å². The first kappa shape index (κ1) is 17.8. The standard InChI is InChI=1S/C18H19NO4S2/c20-16(19-17(21)14-8-5-9-24-14)11-23-18(22)15-10-12-6-3-1-2-4-7-13(12)25-15/h5,8-10H,1-4,6-7,11H2,(H,19,20,21). The predicted molar refractivity (Wildman–Crippen MR) is 97.3 cm³/mol. The number of fused-ring (bicyclic) bond motifs is 1. The Morgan fingerprint density at radius 2 is 1.88 bits per heavy atom. The van der Waals surface area contributed by atoms with Gasteiger partial charge in [0.1, 0.15) is 4.88 Å². The molecule has 0 saturated carbocycles. The largest absolute Gasteiger partial charge is 0.451 e. The summed E-state index contributed by atoms with van der Waals surface area (Å²) >= 11 is 2.70. The summed E-state index contributed by atoms with van der Waals surface area (Å²) in [6.07, 6.45) is 6.75. The molecule has 0 unspecified atom stereocenters. The van der Waals surface area contributed by atoms with Crippen molar-refractivity contribution in [1.82, 2.24) is 5.32 Å². The quantitative estimate of drug-likeness (QED) is 0.827. The van der Waals surface area contributed by atoms with Gasteiger partial charge < -0.3 is 4.74 Å². The number of hydrogen-bond acceptors (Lipinski definition) is 6. The number of aryl methyl sites for hydroxylation is 2. The molecule has 0 bridgehead atoms. The van der Waals surface area contributed by atoms with Gasteiger partial charge in [0, 0.05) is 4.88 Å². The fraction of sp³-hybridized carbons (Fsp3) is 0.389. The molecule has 0 spiro atoms. The van der Waals surface area contributed by atoms with Gasteiger partial charge in [-0.15, -0.1) is 22.7 Å². The van der Waals surface area contributed by atoms with Crippen molar-refractivity contribution in [1.29, 1.82) is 0 Å². The molecule has 3 rings (SSSR count). The van der Waals surface area contributed by atoms with E-state index in [1.165, 1.54) is 46.0 Å². The summed E-state index contributed by atoms with van der Waals surface area (Å²) in [5.74, 6) is -1.60. The maximum Gasteiger partial charge on any atom is 0.348 e. The maximum atomic E-state index is 12.2. The van der Waals surface area contributed by atoms with E-state index < -0.39 is 24.4 Å². The molecule has 1 N–H and O–H groups in total. The number of carbonyl (C=O) groups is 3. The average Bonchev–Trinajstić information content (AvgIpc) is 3.22. The molecule has 0 atom stereocenters. The number of esters is 1. The molecule has 1 aliphatic rings. The summed E-state index contributed by atoms with van der Waals surface area (Å²) in [7, 11) is 0. The van der Waals surface area contributed by atoms with Crippen molar-refractivity contribution < 1.29 is 19.1 Å². The summed E-state index contributed by atoms with van der Waals surface area (Å²) in [6, 6.07) is 5.25. The van der Waals surface area contributed by atoms with E-state index in [0.717, 1.165) is 25.7 Å². The highest BCUT2D eigenvalue weighted by Gasteiger charge is 2.18. The number of rotatable bonds is 4. The Morgan fingerprint density at radius 1 is 1.08 bits per heavy atom. The Kier molecular flexibility index (Phi) is 5.99. The van der Waals surface area contributed by atoms with Gasteiger partial charge in [0.05, 0.1) is 4.88 Å². The highest BCUT2D eigenvalue weighted by molar-refractivity contribution is 7.14. The molecule has 0 aliphatic heterocycles. The topological polar surface area (TPSA) is 72.5 Å². The fourth-order valence-electron chi connectivity index (χ4n) is 2.78. The molecule has 0 saturated heterocycles. The molecule has 5 nitrogen and oxygen atoms in total. The van der Waals surface area contributed by atoms with Crippen LogP contribution in [0.3, 0.4) is 0 Å². The lowest BCUT2D eigenvalue weighted by molar-refractivity contribution is -0.123. The van der Waals surface area contributed by atoms with Crippen molar-refractivity contribution in [3.8, 4) is 0 Å². The van der Waals surface area contributed by atoms with E-state index >= 15 is 0 Å². The fourth-order valence-corrected chi connectivity index (χ4v) is 4.55. The van der Waals surface area contributed by atoms with Crippen LogP contribution >= 0.6 is 22.7 Å². The summed E-state index contributed by atoms with van der Waals surface area (Å²) < 4.78 is 5.06. The van der Waals surface area contributed by atoms with Gasteiger partial charge in [-0.2, -0.15) is 0 Å². The Morgan fingerprint density at radius 3 is 2.64 bits per heavy atom. The normalized spacial score (nSPS) is 14.1. The molecule has 2 aromatic rings. The average molecular weight is 377 g/mol. The van der Waals surface area contributed by atoms with Gasteiger partial charge >= 0.3 is 5.97 Å². The van der Waals surface area contributed by atoms with Gasteiger partial charge in [-0.05, 0) is 48.8 Å². The predicted octanol–water partition coefficient (Wildman–Crippen LogP) is 3.58. The molecule has 1 aliphatic carbocycles. The zero-order valence-electron chi connectivity index (χ0n) is 13.7. The number of nitrogens with one attached hydrogen (secondary N) is 1. The molecule has 132 valence electrons. The lowest BCUT2D eigenvalue weighted by atomic mass is 10.00. The summed E-state index contributed by atoms with van der Waals surface area (Å²) in [6.45, 7) is -0.460. The number of amides is 2. The first-order valence-corrected chi connectivity index (χ1v) is 9.99. The Labute approximate surface area is 154 Å². The molecule has 25 heavy (non-hydrogen) atoms. The smallest absolute Gasteiger partial charge is 0.348 e. The van der Waals surface area contributed by atoms with Crippen LogP contribution in [0.15, 0.2) is 23.6 Å². The summed E-state index contributed by atoms with van der Waals surface area (Å²) in [4.78, 5) is 37.9. The van der Waals surface area contributed by atoms with E-state index in [-0.39, 0.29) is 0 Å². The van der Waals surface area contributed by atoms with Crippen LogP contribution in [0.4, 0.5) is 0 Å². The van der Waals surface area contributed by atoms with E-state index in [0.29, 0.717) is 9.75 Å². The third kappa shape index (κ3) is 4.76. The van der Waals surface area contributed by atoms with E-state index in [2.05, 4.69) is 5.32 Å². The lowest BCUT2D eigenvalue weighted by Crippen LogP contribution is -2.33. The number of imide groups is 1. The number of thiophene rings is 2. The van der Waals surface area contributed by atoms with Crippen LogP contribution in [-0.4, -0.2) is 24.4 Å². The molecule has 0 fully saturated rings. The van der Waals surface area contributed by atoms with Crippen molar-refractivity contribution in [2.24, 2.45) is 0 Å². The van der Waals surface area contributed by atoms with E-state index in [4.69, 9.17) is 4.74 Å². The zero-order valence-corrected chi connectivity index (χ0v) is 15.3. The molecule has 0 radical (unpaired) electrons. The monoisotopic (exact) mass is 377 g/mol. The van der Waals surface area contributed by atoms with Crippen LogP contribution in [0.25, 0.3) is 0 Å². The number of ether oxygens (including phenoxy) is 1. The second-order valence-electron chi connectivity index (χ2n) is 5.90. The number of hydrogen-bond donors (Lipinski definition) is 1. The van der Waals surface area contributed by atoms with Gasteiger partial charge in [0.15, 0.2) is 6.61 Å². The minimum absolute atomic E-state index is 0.442. The third-order valence-electron chi connectivity index (χ3n) is 4.03. The Bertz CT molecular complexity index is 739. The van der Waals surface area contributed by atoms with Crippen LogP contribution in [-0.2, 0) is 22.4 Å². The highest BCUT2D eigenvalue weighted by atomic mass is 32.1. The van der Waals surface area contributed by atoms with Crippen molar-refractivity contribution in [3.05, 3.63) is 43.8 Å². The highest BCUT2D eigenvalue weighted by Crippen LogP contribution is 2.28. The molecule has 7 heteroatoms. The van der Waals surface area contributed by atoms with Gasteiger partial charge in [-0.1, -0.05) is 18.9 Å². The van der Waals surface area contributed by atoms with Crippen molar-refractivity contribution in [3.63, 3.8) is 0 Å².